The topological polar surface area (TPSA) is 18.5 Å². The molecule has 0 N–H and O–H groups in total. The quantitative estimate of drug-likeness (QED) is 0.481. The van der Waals surface area contributed by atoms with Gasteiger partial charge in [0.25, 0.3) is 0 Å². The van der Waals surface area contributed by atoms with Gasteiger partial charge in [-0.1, -0.05) is 41.5 Å². The van der Waals surface area contributed by atoms with E-state index in [-0.39, 0.29) is 23.5 Å². The predicted molar refractivity (Wildman–Crippen MR) is 79.6 cm³/mol. The second-order valence-corrected chi connectivity index (χ2v) is 9.16. The van der Waals surface area contributed by atoms with Gasteiger partial charge in [-0.15, -0.1) is 0 Å². The van der Waals surface area contributed by atoms with Gasteiger partial charge in [-0.3, -0.25) is 0 Å². The molecule has 0 spiro atoms. The van der Waals surface area contributed by atoms with Crippen LogP contribution in [0, 0.1) is 10.8 Å². The molecule has 0 aliphatic rings. The molecule has 0 aromatic heterocycles. The van der Waals surface area contributed by atoms with Gasteiger partial charge in [-0.2, -0.15) is 0 Å². The minimum absolute atomic E-state index is 0. The Balaban J connectivity index is 0. The second kappa shape index (κ2) is 5.50. The molecule has 0 aliphatic carbocycles. The van der Waals surface area contributed by atoms with Crippen molar-refractivity contribution in [3.63, 3.8) is 0 Å². The summed E-state index contributed by atoms with van der Waals surface area (Å²) in [6.07, 6.45) is 1.93. The van der Waals surface area contributed by atoms with Crippen LogP contribution in [0.1, 0.15) is 83.5 Å². The Morgan fingerprint density at radius 2 is 0.778 bits per heavy atom. The van der Waals surface area contributed by atoms with Crippen LogP contribution in [-0.2, 0) is 9.78 Å². The van der Waals surface area contributed by atoms with Crippen molar-refractivity contribution in [1.29, 1.82) is 0 Å². The molecule has 110 valence electrons. The van der Waals surface area contributed by atoms with Crippen LogP contribution in [0.25, 0.3) is 0 Å². The molecule has 0 heterocycles. The highest BCUT2D eigenvalue weighted by molar-refractivity contribution is 4.78. The smallest absolute Gasteiger partial charge is 0.230 e. The van der Waals surface area contributed by atoms with Crippen molar-refractivity contribution in [2.75, 3.05) is 0 Å². The van der Waals surface area contributed by atoms with Crippen LogP contribution >= 0.6 is 0 Å². The van der Waals surface area contributed by atoms with Crippen molar-refractivity contribution >= 4 is 0 Å². The Labute approximate surface area is 116 Å². The molecule has 0 aliphatic heterocycles. The third-order valence-corrected chi connectivity index (χ3v) is 2.40. The Kier molecular flexibility index (Phi) is 5.48. The van der Waals surface area contributed by atoms with Crippen molar-refractivity contribution in [2.24, 2.45) is 10.8 Å². The van der Waals surface area contributed by atoms with Gasteiger partial charge in [0.1, 0.15) is 0 Å². The maximum atomic E-state index is 5.72. The average molecular weight is 259 g/mol. The molecule has 0 amide bonds. The molecule has 0 saturated carbocycles. The largest absolute Gasteiger partial charge is 1.00 e. The van der Waals surface area contributed by atoms with E-state index in [2.05, 4.69) is 69.2 Å². The van der Waals surface area contributed by atoms with E-state index in [1.54, 1.807) is 0 Å². The first kappa shape index (κ1) is 17.9. The summed E-state index contributed by atoms with van der Waals surface area (Å²) < 4.78 is 0. The molecule has 0 unspecified atom stereocenters. The first-order chi connectivity index (χ1) is 7.62. The van der Waals surface area contributed by atoms with E-state index in [1.165, 1.54) is 0 Å². The summed E-state index contributed by atoms with van der Waals surface area (Å²) in [7, 11) is 0. The lowest BCUT2D eigenvalue weighted by Crippen LogP contribution is -2.37. The van der Waals surface area contributed by atoms with E-state index in [4.69, 9.17) is 9.78 Å². The summed E-state index contributed by atoms with van der Waals surface area (Å²) in [6, 6.07) is 0. The van der Waals surface area contributed by atoms with Gasteiger partial charge >= 0.3 is 1.43 Å². The molecule has 0 saturated heterocycles. The van der Waals surface area contributed by atoms with Crippen molar-refractivity contribution < 1.29 is 11.2 Å². The fourth-order valence-corrected chi connectivity index (χ4v) is 2.84. The maximum absolute atomic E-state index is 5.72. The molecule has 0 aromatic carbocycles. The molecule has 0 bridgehead atoms. The van der Waals surface area contributed by atoms with Gasteiger partial charge in [0.05, 0.1) is 11.2 Å². The van der Waals surface area contributed by atoms with Crippen LogP contribution in [0.3, 0.4) is 0 Å². The van der Waals surface area contributed by atoms with Crippen molar-refractivity contribution in [2.45, 2.75) is 93.3 Å². The monoisotopic (exact) mass is 259 g/mol. The van der Waals surface area contributed by atoms with E-state index < -0.39 is 0 Å². The molecule has 0 atom stereocenters. The minimum Gasteiger partial charge on any atom is -0.230 e. The lowest BCUT2D eigenvalue weighted by Gasteiger charge is -2.36. The summed E-state index contributed by atoms with van der Waals surface area (Å²) >= 11 is 0. The predicted octanol–water partition coefficient (Wildman–Crippen LogP) is 5.48. The van der Waals surface area contributed by atoms with E-state index in [1.807, 2.05) is 0 Å². The number of hydrogen-bond donors (Lipinski definition) is 0. The third-order valence-electron chi connectivity index (χ3n) is 2.40. The first-order valence-corrected chi connectivity index (χ1v) is 6.99. The maximum Gasteiger partial charge on any atom is 1.00 e. The minimum atomic E-state index is -0.257. The highest BCUT2D eigenvalue weighted by Gasteiger charge is 2.32. The summed E-state index contributed by atoms with van der Waals surface area (Å²) in [5, 5.41) is 0. The van der Waals surface area contributed by atoms with Crippen LogP contribution in [0.5, 0.6) is 0 Å². The molecule has 0 radical (unpaired) electrons. The fraction of sp³-hybridized carbons (Fsp3) is 1.00. The highest BCUT2D eigenvalue weighted by Crippen LogP contribution is 2.34. The first-order valence-electron chi connectivity index (χ1n) is 6.99. The van der Waals surface area contributed by atoms with Crippen LogP contribution in [-0.4, -0.2) is 11.2 Å². The molecule has 0 aromatic rings. The number of hydrogen-bond acceptors (Lipinski definition) is 2. The van der Waals surface area contributed by atoms with E-state index in [0.29, 0.717) is 0 Å². The van der Waals surface area contributed by atoms with Crippen molar-refractivity contribution in [3.05, 3.63) is 0 Å². The molecule has 18 heavy (non-hydrogen) atoms. The second-order valence-electron chi connectivity index (χ2n) is 9.16. The van der Waals surface area contributed by atoms with E-state index >= 15 is 0 Å². The molecule has 0 fully saturated rings. The van der Waals surface area contributed by atoms with Gasteiger partial charge < -0.3 is 0 Å². The molecule has 2 heteroatoms. The molecular formula is C16H35O2+. The van der Waals surface area contributed by atoms with E-state index in [9.17, 15) is 0 Å². The Bertz CT molecular complexity index is 229. The van der Waals surface area contributed by atoms with E-state index in [0.717, 1.165) is 12.8 Å². The van der Waals surface area contributed by atoms with Gasteiger partial charge in [0.15, 0.2) is 0 Å². The van der Waals surface area contributed by atoms with Gasteiger partial charge in [-0.25, -0.2) is 9.78 Å². The zero-order valence-corrected chi connectivity index (χ0v) is 14.2. The molecular weight excluding hydrogens is 224 g/mol. The fourth-order valence-electron chi connectivity index (χ4n) is 2.84. The third kappa shape index (κ3) is 9.90. The average Bonchev–Trinajstić information content (AvgIpc) is 1.91. The van der Waals surface area contributed by atoms with Gasteiger partial charge in [0, 0.05) is 0 Å². The highest BCUT2D eigenvalue weighted by atomic mass is 17.2. The number of rotatable bonds is 5. The van der Waals surface area contributed by atoms with Crippen molar-refractivity contribution in [3.8, 4) is 0 Å². The summed E-state index contributed by atoms with van der Waals surface area (Å²) in [5.74, 6) is 0. The Morgan fingerprint density at radius 1 is 0.556 bits per heavy atom. The Hall–Kier alpha value is -0.0800. The Morgan fingerprint density at radius 3 is 0.944 bits per heavy atom. The van der Waals surface area contributed by atoms with Crippen molar-refractivity contribution in [1.82, 2.24) is 0 Å². The standard InChI is InChI=1S/C16H34O2/c1-13(2,3)11-15(7,8)17-18-16(9,10)12-14(4,5)6/h11-12H2,1-10H3/p+1. The zero-order valence-electron chi connectivity index (χ0n) is 15.2. The SMILES string of the molecule is CC(C)(C)CC(C)(C)OOC(C)(C)CC(C)(C)C.[H+]. The molecule has 2 nitrogen and oxygen atoms in total. The van der Waals surface area contributed by atoms with Gasteiger partial charge in [0.2, 0.25) is 0 Å². The normalized spacial score (nSPS) is 15.0. The molecule has 0 rings (SSSR count). The summed E-state index contributed by atoms with van der Waals surface area (Å²) in [6.45, 7) is 21.7. The zero-order chi connectivity index (χ0) is 14.8. The lowest BCUT2D eigenvalue weighted by atomic mass is 9.83. The van der Waals surface area contributed by atoms with Gasteiger partial charge in [-0.05, 0) is 51.4 Å². The van der Waals surface area contributed by atoms with Crippen LogP contribution in [0.2, 0.25) is 0 Å². The summed E-state index contributed by atoms with van der Waals surface area (Å²) in [4.78, 5) is 11.4. The van der Waals surface area contributed by atoms with Crippen LogP contribution < -0.4 is 0 Å². The lowest BCUT2D eigenvalue weighted by molar-refractivity contribution is -0.407. The van der Waals surface area contributed by atoms with Crippen LogP contribution in [0.4, 0.5) is 0 Å². The summed E-state index contributed by atoms with van der Waals surface area (Å²) in [5.41, 5.74) is -0.0388. The van der Waals surface area contributed by atoms with Crippen LogP contribution in [0.15, 0.2) is 0 Å².